The number of hydrogen-bond acceptors (Lipinski definition) is 2. The molecule has 0 fully saturated rings. The van der Waals surface area contributed by atoms with E-state index in [9.17, 15) is 13.6 Å². The van der Waals surface area contributed by atoms with Crippen LogP contribution < -0.4 is 4.74 Å². The molecule has 0 saturated heterocycles. The van der Waals surface area contributed by atoms with Gasteiger partial charge in [0, 0.05) is 17.6 Å². The van der Waals surface area contributed by atoms with Crippen LogP contribution in [0.15, 0.2) is 16.6 Å². The van der Waals surface area contributed by atoms with Crippen molar-refractivity contribution < 1.29 is 18.3 Å². The molecule has 100 valence electrons. The number of nitrogens with zero attached hydrogens (tertiary/aromatic N) is 1. The predicted octanol–water partition coefficient (Wildman–Crippen LogP) is 2.97. The van der Waals surface area contributed by atoms with Gasteiger partial charge in [-0.3, -0.25) is 4.79 Å². The molecule has 0 bridgehead atoms. The molecule has 0 aliphatic rings. The molecule has 3 nitrogen and oxygen atoms in total. The average molecular weight is 322 g/mol. The third-order valence-corrected chi connectivity index (χ3v) is 2.88. The molecule has 0 N–H and O–H groups in total. The van der Waals surface area contributed by atoms with Crippen molar-refractivity contribution in [1.29, 1.82) is 0 Å². The zero-order chi connectivity index (χ0) is 13.7. The van der Waals surface area contributed by atoms with Gasteiger partial charge in [0.25, 0.3) is 5.91 Å². The highest BCUT2D eigenvalue weighted by molar-refractivity contribution is 9.10. The van der Waals surface area contributed by atoms with Crippen molar-refractivity contribution in [3.8, 4) is 5.75 Å². The molecule has 0 heterocycles. The fourth-order valence-corrected chi connectivity index (χ4v) is 1.85. The Kier molecular flexibility index (Phi) is 5.53. The van der Waals surface area contributed by atoms with Gasteiger partial charge in [-0.25, -0.2) is 4.39 Å². The van der Waals surface area contributed by atoms with Gasteiger partial charge in [0.1, 0.15) is 0 Å². The standard InChI is InChI=1S/C12H14BrF2NO2/c1-3-16(4-2)11(17)7-18-10-6-8(13)5-9(14)12(10)15/h5-6H,3-4,7H2,1-2H3. The smallest absolute Gasteiger partial charge is 0.260 e. The maximum absolute atomic E-state index is 13.4. The molecule has 0 aliphatic heterocycles. The number of likely N-dealkylation sites (N-methyl/N-ethyl adjacent to an activating group) is 1. The molecule has 1 amide bonds. The second-order valence-electron chi connectivity index (χ2n) is 3.55. The summed E-state index contributed by atoms with van der Waals surface area (Å²) in [5.74, 6) is -2.65. The van der Waals surface area contributed by atoms with Crippen LogP contribution in [0.2, 0.25) is 0 Å². The minimum atomic E-state index is -1.09. The molecule has 0 saturated carbocycles. The van der Waals surface area contributed by atoms with Crippen molar-refractivity contribution in [3.63, 3.8) is 0 Å². The molecule has 0 radical (unpaired) electrons. The Morgan fingerprint density at radius 1 is 1.33 bits per heavy atom. The molecule has 0 spiro atoms. The van der Waals surface area contributed by atoms with E-state index in [1.807, 2.05) is 13.8 Å². The number of halogens is 3. The Morgan fingerprint density at radius 3 is 2.50 bits per heavy atom. The Morgan fingerprint density at radius 2 is 1.94 bits per heavy atom. The van der Waals surface area contributed by atoms with E-state index in [0.29, 0.717) is 17.6 Å². The van der Waals surface area contributed by atoms with Gasteiger partial charge in [-0.05, 0) is 26.0 Å². The summed E-state index contributed by atoms with van der Waals surface area (Å²) in [6.45, 7) is 4.46. The summed E-state index contributed by atoms with van der Waals surface area (Å²) in [6, 6.07) is 2.28. The van der Waals surface area contributed by atoms with E-state index in [1.54, 1.807) is 4.90 Å². The van der Waals surface area contributed by atoms with E-state index in [4.69, 9.17) is 4.74 Å². The van der Waals surface area contributed by atoms with Gasteiger partial charge in [0.05, 0.1) is 0 Å². The van der Waals surface area contributed by atoms with Crippen LogP contribution in [0, 0.1) is 11.6 Å². The molecule has 0 aromatic heterocycles. The Labute approximate surface area is 113 Å². The van der Waals surface area contributed by atoms with Crippen LogP contribution in [-0.2, 0) is 4.79 Å². The first kappa shape index (κ1) is 14.9. The molecule has 0 atom stereocenters. The Bertz CT molecular complexity index is 436. The Balaban J connectivity index is 2.72. The zero-order valence-electron chi connectivity index (χ0n) is 10.2. The number of amides is 1. The van der Waals surface area contributed by atoms with Gasteiger partial charge in [0.2, 0.25) is 5.82 Å². The van der Waals surface area contributed by atoms with Crippen molar-refractivity contribution >= 4 is 21.8 Å². The van der Waals surface area contributed by atoms with Crippen LogP contribution in [0.4, 0.5) is 8.78 Å². The van der Waals surface area contributed by atoms with Gasteiger partial charge in [0.15, 0.2) is 18.2 Å². The fraction of sp³-hybridized carbons (Fsp3) is 0.417. The van der Waals surface area contributed by atoms with Gasteiger partial charge < -0.3 is 9.64 Å². The molecule has 0 unspecified atom stereocenters. The summed E-state index contributed by atoms with van der Waals surface area (Å²) >= 11 is 3.03. The zero-order valence-corrected chi connectivity index (χ0v) is 11.8. The highest BCUT2D eigenvalue weighted by Gasteiger charge is 2.15. The second-order valence-corrected chi connectivity index (χ2v) is 4.47. The minimum absolute atomic E-state index is 0.264. The molecule has 6 heteroatoms. The summed E-state index contributed by atoms with van der Waals surface area (Å²) < 4.78 is 31.8. The molecule has 0 aliphatic carbocycles. The molecular weight excluding hydrogens is 308 g/mol. The topological polar surface area (TPSA) is 29.5 Å². The summed E-state index contributed by atoms with van der Waals surface area (Å²) in [5, 5.41) is 0. The average Bonchev–Trinajstić information content (AvgIpc) is 2.33. The fourth-order valence-electron chi connectivity index (χ4n) is 1.44. The van der Waals surface area contributed by atoms with Crippen LogP contribution in [0.25, 0.3) is 0 Å². The van der Waals surface area contributed by atoms with Crippen LogP contribution in [0.3, 0.4) is 0 Å². The van der Waals surface area contributed by atoms with E-state index >= 15 is 0 Å². The van der Waals surface area contributed by atoms with Crippen LogP contribution in [-0.4, -0.2) is 30.5 Å². The van der Waals surface area contributed by atoms with E-state index in [0.717, 1.165) is 6.07 Å². The van der Waals surface area contributed by atoms with Crippen molar-refractivity contribution in [1.82, 2.24) is 4.90 Å². The van der Waals surface area contributed by atoms with E-state index in [-0.39, 0.29) is 18.3 Å². The first-order chi connectivity index (χ1) is 8.49. The lowest BCUT2D eigenvalue weighted by Crippen LogP contribution is -2.34. The second kappa shape index (κ2) is 6.68. The first-order valence-corrected chi connectivity index (χ1v) is 6.34. The third kappa shape index (κ3) is 3.66. The largest absolute Gasteiger partial charge is 0.481 e. The van der Waals surface area contributed by atoms with Crippen molar-refractivity contribution in [2.24, 2.45) is 0 Å². The number of ether oxygens (including phenoxy) is 1. The number of carbonyl (C=O) groups is 1. The maximum atomic E-state index is 13.4. The summed E-state index contributed by atoms with van der Waals surface area (Å²) in [6.07, 6.45) is 0. The minimum Gasteiger partial charge on any atom is -0.481 e. The van der Waals surface area contributed by atoms with Crippen LogP contribution >= 0.6 is 15.9 Å². The number of rotatable bonds is 5. The first-order valence-electron chi connectivity index (χ1n) is 5.54. The van der Waals surface area contributed by atoms with Gasteiger partial charge in [-0.2, -0.15) is 4.39 Å². The molecule has 1 aromatic rings. The van der Waals surface area contributed by atoms with Crippen molar-refractivity contribution in [2.45, 2.75) is 13.8 Å². The molecular formula is C12H14BrF2NO2. The Hall–Kier alpha value is -1.17. The lowest BCUT2D eigenvalue weighted by molar-refractivity contribution is -0.133. The summed E-state index contributed by atoms with van der Waals surface area (Å²) in [5.41, 5.74) is 0. The number of hydrogen-bond donors (Lipinski definition) is 0. The third-order valence-electron chi connectivity index (χ3n) is 2.43. The normalized spacial score (nSPS) is 10.3. The summed E-state index contributed by atoms with van der Waals surface area (Å²) in [4.78, 5) is 13.2. The molecule has 18 heavy (non-hydrogen) atoms. The molecule has 1 aromatic carbocycles. The molecule has 1 rings (SSSR count). The highest BCUT2D eigenvalue weighted by Crippen LogP contribution is 2.25. The highest BCUT2D eigenvalue weighted by atomic mass is 79.9. The van der Waals surface area contributed by atoms with Gasteiger partial charge in [-0.1, -0.05) is 15.9 Å². The van der Waals surface area contributed by atoms with E-state index in [1.165, 1.54) is 6.07 Å². The quantitative estimate of drug-likeness (QED) is 0.780. The van der Waals surface area contributed by atoms with Crippen LogP contribution in [0.5, 0.6) is 5.75 Å². The number of benzene rings is 1. The lowest BCUT2D eigenvalue weighted by atomic mass is 10.3. The number of carbonyl (C=O) groups excluding carboxylic acids is 1. The van der Waals surface area contributed by atoms with Crippen LogP contribution in [0.1, 0.15) is 13.8 Å². The van der Waals surface area contributed by atoms with Gasteiger partial charge in [-0.15, -0.1) is 0 Å². The monoisotopic (exact) mass is 321 g/mol. The predicted molar refractivity (Wildman–Crippen MR) is 67.5 cm³/mol. The van der Waals surface area contributed by atoms with Crippen molar-refractivity contribution in [3.05, 3.63) is 28.2 Å². The van der Waals surface area contributed by atoms with E-state index in [2.05, 4.69) is 15.9 Å². The maximum Gasteiger partial charge on any atom is 0.260 e. The lowest BCUT2D eigenvalue weighted by Gasteiger charge is -2.18. The SMILES string of the molecule is CCN(CC)C(=O)COc1cc(Br)cc(F)c1F. The van der Waals surface area contributed by atoms with Crippen molar-refractivity contribution in [2.75, 3.05) is 19.7 Å². The van der Waals surface area contributed by atoms with Gasteiger partial charge >= 0.3 is 0 Å². The summed E-state index contributed by atoms with van der Waals surface area (Å²) in [7, 11) is 0. The van der Waals surface area contributed by atoms with E-state index < -0.39 is 11.6 Å².